The molecule has 2 amide bonds. The largest absolute Gasteiger partial charge is 0.483 e. The van der Waals surface area contributed by atoms with E-state index in [4.69, 9.17) is 26.2 Å². The molecule has 5 aliphatic rings. The van der Waals surface area contributed by atoms with Gasteiger partial charge in [0.05, 0.1) is 41.0 Å². The number of carbonyl (C=O) groups excluding carboxylic acids is 2. The van der Waals surface area contributed by atoms with Crippen LogP contribution >= 0.6 is 11.6 Å². The van der Waals surface area contributed by atoms with Crippen LogP contribution in [-0.4, -0.2) is 64.7 Å². The molecule has 3 atom stereocenters. The molecule has 1 aromatic rings. The van der Waals surface area contributed by atoms with Gasteiger partial charge < -0.3 is 20.1 Å². The molecule has 3 aliphatic carbocycles. The van der Waals surface area contributed by atoms with Crippen LogP contribution in [0.4, 0.5) is 10.1 Å². The monoisotopic (exact) mass is 425 g/mol. The molecule has 0 unspecified atom stereocenters. The van der Waals surface area contributed by atoms with E-state index in [1.807, 2.05) is 0 Å². The van der Waals surface area contributed by atoms with Crippen molar-refractivity contribution < 1.29 is 28.6 Å². The molecule has 2 aliphatic heterocycles. The molecule has 8 nitrogen and oxygen atoms in total. The van der Waals surface area contributed by atoms with E-state index in [0.29, 0.717) is 49.7 Å². The lowest BCUT2D eigenvalue weighted by Gasteiger charge is -2.65. The highest BCUT2D eigenvalue weighted by molar-refractivity contribution is 6.33. The minimum absolute atomic E-state index is 0.0319. The summed E-state index contributed by atoms with van der Waals surface area (Å²) in [6.07, 6.45) is 4.00. The number of ether oxygens (including phenoxy) is 1. The van der Waals surface area contributed by atoms with Gasteiger partial charge in [0, 0.05) is 25.2 Å². The Labute approximate surface area is 171 Å². The number of carboxylic acid groups (broad SMARTS) is 1. The average molecular weight is 426 g/mol. The molecule has 3 saturated carbocycles. The zero-order valence-electron chi connectivity index (χ0n) is 15.5. The number of alkyl halides is 1. The highest BCUT2D eigenvalue weighted by Crippen LogP contribution is 2.70. The summed E-state index contributed by atoms with van der Waals surface area (Å²) in [7, 11) is 0. The Bertz CT molecular complexity index is 833. The number of pyridine rings is 1. The lowest BCUT2D eigenvalue weighted by molar-refractivity contribution is -0.221. The number of aromatic nitrogens is 1. The Hall–Kier alpha value is -2.26. The normalized spacial score (nSPS) is 36.1. The average Bonchev–Trinajstić information content (AvgIpc) is 3.21. The van der Waals surface area contributed by atoms with Crippen LogP contribution in [0.25, 0.3) is 0 Å². The first-order valence-corrected chi connectivity index (χ1v) is 9.77. The Kier molecular flexibility index (Phi) is 4.98. The van der Waals surface area contributed by atoms with E-state index in [-0.39, 0.29) is 36.2 Å². The summed E-state index contributed by atoms with van der Waals surface area (Å²) in [6.45, 7) is 1.06. The Morgan fingerprint density at radius 3 is 2.69 bits per heavy atom. The summed E-state index contributed by atoms with van der Waals surface area (Å²) in [5.41, 5.74) is -1.10. The first kappa shape index (κ1) is 20.0. The van der Waals surface area contributed by atoms with Crippen molar-refractivity contribution in [2.24, 2.45) is 17.3 Å². The predicted octanol–water partition coefficient (Wildman–Crippen LogP) is 1.74. The topological polar surface area (TPSA) is 109 Å². The standard InChI is InChI=1S/C18H19ClFN3O3.CH2O2/c19-12-1-2-21-3-13(12)22-15(24)11-6-26-14-5-23(4-10(11)14)16(25)17-7-18(20,8-17)9-17;2-1-3/h1-3,10-11,14H,4-9H2,(H,22,24);1H,(H,2,3)/t10-,11+,14-,17?,18?;/m0./s1. The number of carbonyl (C=O) groups is 3. The quantitative estimate of drug-likeness (QED) is 0.714. The summed E-state index contributed by atoms with van der Waals surface area (Å²) < 4.78 is 19.5. The minimum Gasteiger partial charge on any atom is -0.483 e. The van der Waals surface area contributed by atoms with Crippen molar-refractivity contribution >= 4 is 35.6 Å². The minimum atomic E-state index is -1.09. The summed E-state index contributed by atoms with van der Waals surface area (Å²) in [4.78, 5) is 39.5. The summed E-state index contributed by atoms with van der Waals surface area (Å²) in [5.74, 6) is -0.518. The van der Waals surface area contributed by atoms with Crippen LogP contribution < -0.4 is 5.32 Å². The molecule has 0 spiro atoms. The Morgan fingerprint density at radius 2 is 2.07 bits per heavy atom. The van der Waals surface area contributed by atoms with Crippen LogP contribution in [0, 0.1) is 17.3 Å². The third kappa shape index (κ3) is 3.36. The van der Waals surface area contributed by atoms with Crippen LogP contribution in [0.3, 0.4) is 0 Å². The van der Waals surface area contributed by atoms with Gasteiger partial charge in [-0.3, -0.25) is 19.4 Å². The van der Waals surface area contributed by atoms with Crippen LogP contribution in [0.1, 0.15) is 19.3 Å². The lowest BCUT2D eigenvalue weighted by atomic mass is 9.42. The summed E-state index contributed by atoms with van der Waals surface area (Å²) >= 11 is 6.07. The number of likely N-dealkylation sites (tertiary alicyclic amines) is 1. The van der Waals surface area contributed by atoms with E-state index in [9.17, 15) is 14.0 Å². The van der Waals surface area contributed by atoms with E-state index in [0.717, 1.165) is 0 Å². The van der Waals surface area contributed by atoms with Crippen LogP contribution in [-0.2, 0) is 19.1 Å². The van der Waals surface area contributed by atoms with Gasteiger partial charge in [-0.25, -0.2) is 4.39 Å². The second kappa shape index (κ2) is 7.21. The fraction of sp³-hybridized carbons (Fsp3) is 0.579. The lowest BCUT2D eigenvalue weighted by Crippen LogP contribution is -2.70. The molecule has 6 rings (SSSR count). The van der Waals surface area contributed by atoms with Gasteiger partial charge in [0.25, 0.3) is 6.47 Å². The number of amides is 2. The Balaban J connectivity index is 0.000000645. The molecule has 3 heterocycles. The number of hydrogen-bond donors (Lipinski definition) is 2. The molecule has 2 bridgehead atoms. The number of halogens is 2. The number of anilines is 1. The van der Waals surface area contributed by atoms with Gasteiger partial charge in [0.15, 0.2) is 0 Å². The van der Waals surface area contributed by atoms with E-state index < -0.39 is 11.1 Å². The molecular weight excluding hydrogens is 405 g/mol. The summed E-state index contributed by atoms with van der Waals surface area (Å²) in [5, 5.41) is 10.1. The zero-order chi connectivity index (χ0) is 20.8. The maximum absolute atomic E-state index is 13.7. The highest BCUT2D eigenvalue weighted by atomic mass is 35.5. The first-order chi connectivity index (χ1) is 13.8. The van der Waals surface area contributed by atoms with Crippen molar-refractivity contribution in [3.05, 3.63) is 23.5 Å². The third-order valence-electron chi connectivity index (χ3n) is 6.38. The fourth-order valence-electron chi connectivity index (χ4n) is 5.07. The molecule has 29 heavy (non-hydrogen) atoms. The third-order valence-corrected chi connectivity index (χ3v) is 6.71. The van der Waals surface area contributed by atoms with Crippen molar-refractivity contribution in [3.8, 4) is 0 Å². The molecule has 2 saturated heterocycles. The van der Waals surface area contributed by atoms with Crippen molar-refractivity contribution in [1.82, 2.24) is 9.88 Å². The first-order valence-electron chi connectivity index (χ1n) is 9.39. The number of hydrogen-bond acceptors (Lipinski definition) is 5. The zero-order valence-corrected chi connectivity index (χ0v) is 16.3. The van der Waals surface area contributed by atoms with Crippen molar-refractivity contribution in [3.63, 3.8) is 0 Å². The van der Waals surface area contributed by atoms with E-state index >= 15 is 0 Å². The second-order valence-corrected chi connectivity index (χ2v) is 8.67. The molecule has 5 fully saturated rings. The van der Waals surface area contributed by atoms with E-state index in [1.165, 1.54) is 6.20 Å². The van der Waals surface area contributed by atoms with Gasteiger partial charge in [-0.15, -0.1) is 0 Å². The maximum Gasteiger partial charge on any atom is 0.290 e. The van der Waals surface area contributed by atoms with Gasteiger partial charge in [0.1, 0.15) is 5.67 Å². The maximum atomic E-state index is 13.7. The predicted molar refractivity (Wildman–Crippen MR) is 100.0 cm³/mol. The molecule has 1 aromatic heterocycles. The number of fused-ring (bicyclic) bond motifs is 1. The van der Waals surface area contributed by atoms with E-state index in [1.54, 1.807) is 17.2 Å². The van der Waals surface area contributed by atoms with Crippen LogP contribution in [0.2, 0.25) is 5.02 Å². The number of rotatable bonds is 3. The Morgan fingerprint density at radius 1 is 1.38 bits per heavy atom. The van der Waals surface area contributed by atoms with Gasteiger partial charge in [-0.1, -0.05) is 11.6 Å². The molecule has 10 heteroatoms. The van der Waals surface area contributed by atoms with Crippen LogP contribution in [0.15, 0.2) is 18.5 Å². The fourth-order valence-corrected chi connectivity index (χ4v) is 5.22. The van der Waals surface area contributed by atoms with Gasteiger partial charge in [-0.05, 0) is 25.3 Å². The molecule has 0 aromatic carbocycles. The summed E-state index contributed by atoms with van der Waals surface area (Å²) in [6, 6.07) is 1.61. The highest BCUT2D eigenvalue weighted by Gasteiger charge is 2.73. The second-order valence-electron chi connectivity index (χ2n) is 8.26. The van der Waals surface area contributed by atoms with Gasteiger partial charge >= 0.3 is 0 Å². The SMILES string of the molecule is O=C(Nc1cnccc1Cl)[C@@H]1CO[C@H]2CN(C(=O)C34CC(F)(C3)C4)C[C@H]21.O=CO. The molecular formula is C19H21ClFN3O5. The molecule has 156 valence electrons. The number of nitrogens with one attached hydrogen (secondary N) is 1. The van der Waals surface area contributed by atoms with Gasteiger partial charge in [0.2, 0.25) is 11.8 Å². The van der Waals surface area contributed by atoms with Crippen molar-refractivity contribution in [1.29, 1.82) is 0 Å². The van der Waals surface area contributed by atoms with Crippen molar-refractivity contribution in [2.75, 3.05) is 25.0 Å². The van der Waals surface area contributed by atoms with E-state index in [2.05, 4.69) is 10.3 Å². The molecule has 2 N–H and O–H groups in total. The smallest absolute Gasteiger partial charge is 0.290 e. The van der Waals surface area contributed by atoms with Gasteiger partial charge in [-0.2, -0.15) is 0 Å². The number of nitrogens with zero attached hydrogens (tertiary/aromatic N) is 2. The molecule has 0 radical (unpaired) electrons. The van der Waals surface area contributed by atoms with Crippen molar-refractivity contribution in [2.45, 2.75) is 31.0 Å². The van der Waals surface area contributed by atoms with Crippen LogP contribution in [0.5, 0.6) is 0 Å².